The van der Waals surface area contributed by atoms with Gasteiger partial charge in [0.1, 0.15) is 5.82 Å². The van der Waals surface area contributed by atoms with Gasteiger partial charge in [-0.25, -0.2) is 9.37 Å². The number of thiazole rings is 1. The highest BCUT2D eigenvalue weighted by Crippen LogP contribution is 2.30. The Labute approximate surface area is 118 Å². The number of halogens is 2. The quantitative estimate of drug-likeness (QED) is 0.918. The monoisotopic (exact) mass is 296 g/mol. The van der Waals surface area contributed by atoms with Crippen LogP contribution in [-0.2, 0) is 12.8 Å². The zero-order valence-electron chi connectivity index (χ0n) is 9.87. The van der Waals surface area contributed by atoms with Crippen molar-refractivity contribution in [1.29, 1.82) is 0 Å². The van der Waals surface area contributed by atoms with Gasteiger partial charge >= 0.3 is 0 Å². The molecule has 1 aliphatic rings. The van der Waals surface area contributed by atoms with Crippen molar-refractivity contribution in [1.82, 2.24) is 4.98 Å². The summed E-state index contributed by atoms with van der Waals surface area (Å²) in [7, 11) is 0. The first kappa shape index (κ1) is 12.6. The van der Waals surface area contributed by atoms with Crippen molar-refractivity contribution >= 4 is 34.0 Å². The third kappa shape index (κ3) is 2.48. The topological polar surface area (TPSA) is 42.0 Å². The van der Waals surface area contributed by atoms with Crippen LogP contribution in [0.1, 0.15) is 27.3 Å². The Balaban J connectivity index is 1.80. The van der Waals surface area contributed by atoms with Crippen molar-refractivity contribution in [3.8, 4) is 0 Å². The predicted molar refractivity (Wildman–Crippen MR) is 73.5 cm³/mol. The van der Waals surface area contributed by atoms with E-state index < -0.39 is 11.7 Å². The second-order valence-corrected chi connectivity index (χ2v) is 5.84. The summed E-state index contributed by atoms with van der Waals surface area (Å²) >= 11 is 7.11. The first-order chi connectivity index (χ1) is 9.13. The molecule has 19 heavy (non-hydrogen) atoms. The lowest BCUT2D eigenvalue weighted by Gasteiger charge is -2.03. The molecule has 0 spiro atoms. The summed E-state index contributed by atoms with van der Waals surface area (Å²) in [6.07, 6.45) is 3.09. The molecule has 1 aliphatic carbocycles. The maximum absolute atomic E-state index is 13.6. The molecule has 0 bridgehead atoms. The Hall–Kier alpha value is -1.46. The van der Waals surface area contributed by atoms with Crippen LogP contribution in [0.25, 0.3) is 0 Å². The van der Waals surface area contributed by atoms with Crippen molar-refractivity contribution in [2.24, 2.45) is 0 Å². The highest BCUT2D eigenvalue weighted by molar-refractivity contribution is 7.16. The average molecular weight is 297 g/mol. The fourth-order valence-electron chi connectivity index (χ4n) is 2.08. The molecule has 1 N–H and O–H groups in total. The lowest BCUT2D eigenvalue weighted by Crippen LogP contribution is -2.13. The van der Waals surface area contributed by atoms with Gasteiger partial charge in [-0.15, -0.1) is 11.3 Å². The standard InChI is InChI=1S/C13H10ClFN2OS/c14-7-4-5-8(9(15)6-7)12(18)17-13-16-10-2-1-3-11(10)19-13/h4-6H,1-3H2,(H,16,17,18). The first-order valence-corrected chi connectivity index (χ1v) is 7.08. The van der Waals surface area contributed by atoms with E-state index in [1.165, 1.54) is 28.3 Å². The molecule has 98 valence electrons. The number of aromatic nitrogens is 1. The van der Waals surface area contributed by atoms with Gasteiger partial charge in [-0.2, -0.15) is 0 Å². The number of aryl methyl sites for hydroxylation is 2. The molecule has 0 aliphatic heterocycles. The molecular weight excluding hydrogens is 287 g/mol. The van der Waals surface area contributed by atoms with E-state index in [9.17, 15) is 9.18 Å². The zero-order valence-corrected chi connectivity index (χ0v) is 11.4. The molecule has 1 heterocycles. The van der Waals surface area contributed by atoms with Gasteiger partial charge in [0, 0.05) is 9.90 Å². The summed E-state index contributed by atoms with van der Waals surface area (Å²) in [5, 5.41) is 3.43. The number of carbonyl (C=O) groups excluding carboxylic acids is 1. The van der Waals surface area contributed by atoms with Crippen molar-refractivity contribution in [2.75, 3.05) is 5.32 Å². The molecule has 1 aromatic carbocycles. The van der Waals surface area contributed by atoms with Crippen LogP contribution in [0, 0.1) is 5.82 Å². The fraction of sp³-hybridized carbons (Fsp3) is 0.231. The maximum Gasteiger partial charge on any atom is 0.260 e. The molecule has 6 heteroatoms. The summed E-state index contributed by atoms with van der Waals surface area (Å²) in [6.45, 7) is 0. The number of nitrogens with zero attached hydrogens (tertiary/aromatic N) is 1. The molecule has 3 nitrogen and oxygen atoms in total. The number of benzene rings is 1. The van der Waals surface area contributed by atoms with Gasteiger partial charge in [-0.1, -0.05) is 11.6 Å². The number of nitrogens with one attached hydrogen (secondary N) is 1. The van der Waals surface area contributed by atoms with Gasteiger partial charge < -0.3 is 0 Å². The molecule has 0 radical (unpaired) electrons. The number of carbonyl (C=O) groups is 1. The van der Waals surface area contributed by atoms with E-state index >= 15 is 0 Å². The minimum absolute atomic E-state index is 0.0280. The van der Waals surface area contributed by atoms with Crippen molar-refractivity contribution in [3.05, 3.63) is 45.2 Å². The summed E-state index contributed by atoms with van der Waals surface area (Å²) in [6, 6.07) is 3.98. The Kier molecular flexibility index (Phi) is 3.24. The molecule has 0 unspecified atom stereocenters. The van der Waals surface area contributed by atoms with E-state index in [1.54, 1.807) is 0 Å². The number of fused-ring (bicyclic) bond motifs is 1. The van der Waals surface area contributed by atoms with Gasteiger partial charge in [0.05, 0.1) is 11.3 Å². The third-order valence-corrected chi connectivity index (χ3v) is 4.30. The van der Waals surface area contributed by atoms with Crippen LogP contribution in [-0.4, -0.2) is 10.9 Å². The Morgan fingerprint density at radius 2 is 2.26 bits per heavy atom. The molecule has 1 amide bonds. The Morgan fingerprint density at radius 1 is 1.42 bits per heavy atom. The molecule has 2 aromatic rings. The average Bonchev–Trinajstić information content (AvgIpc) is 2.89. The third-order valence-electron chi connectivity index (χ3n) is 2.99. The van der Waals surface area contributed by atoms with Crippen LogP contribution < -0.4 is 5.32 Å². The van der Waals surface area contributed by atoms with Crippen LogP contribution >= 0.6 is 22.9 Å². The van der Waals surface area contributed by atoms with Gasteiger partial charge in [0.15, 0.2) is 5.13 Å². The molecular formula is C13H10ClFN2OS. The largest absolute Gasteiger partial charge is 0.298 e. The molecule has 0 atom stereocenters. The zero-order chi connectivity index (χ0) is 13.4. The second kappa shape index (κ2) is 4.90. The molecule has 3 rings (SSSR count). The second-order valence-electron chi connectivity index (χ2n) is 4.32. The van der Waals surface area contributed by atoms with E-state index in [0.29, 0.717) is 5.13 Å². The Morgan fingerprint density at radius 3 is 3.00 bits per heavy atom. The van der Waals surface area contributed by atoms with Crippen molar-refractivity contribution < 1.29 is 9.18 Å². The molecule has 0 fully saturated rings. The van der Waals surface area contributed by atoms with Gasteiger partial charge in [0.25, 0.3) is 5.91 Å². The van der Waals surface area contributed by atoms with Gasteiger partial charge in [-0.05, 0) is 37.5 Å². The summed E-state index contributed by atoms with van der Waals surface area (Å²) in [4.78, 5) is 17.5. The first-order valence-electron chi connectivity index (χ1n) is 5.88. The van der Waals surface area contributed by atoms with Gasteiger partial charge in [-0.3, -0.25) is 10.1 Å². The number of hydrogen-bond donors (Lipinski definition) is 1. The van der Waals surface area contributed by atoms with E-state index in [2.05, 4.69) is 10.3 Å². The maximum atomic E-state index is 13.6. The number of anilines is 1. The van der Waals surface area contributed by atoms with Crippen LogP contribution in [0.4, 0.5) is 9.52 Å². The summed E-state index contributed by atoms with van der Waals surface area (Å²) < 4.78 is 13.6. The molecule has 0 saturated heterocycles. The van der Waals surface area contributed by atoms with Crippen LogP contribution in [0.3, 0.4) is 0 Å². The number of hydrogen-bond acceptors (Lipinski definition) is 3. The summed E-state index contributed by atoms with van der Waals surface area (Å²) in [5.41, 5.74) is 1.02. The van der Waals surface area contributed by atoms with Crippen LogP contribution in [0.2, 0.25) is 5.02 Å². The fourth-order valence-corrected chi connectivity index (χ4v) is 3.29. The lowest BCUT2D eigenvalue weighted by molar-refractivity contribution is 0.102. The Bertz CT molecular complexity index is 635. The van der Waals surface area contributed by atoms with E-state index in [1.807, 2.05) is 0 Å². The van der Waals surface area contributed by atoms with E-state index in [-0.39, 0.29) is 10.6 Å². The highest BCUT2D eigenvalue weighted by atomic mass is 35.5. The predicted octanol–water partition coefficient (Wildman–Crippen LogP) is 3.68. The SMILES string of the molecule is O=C(Nc1nc2c(s1)CCC2)c1ccc(Cl)cc1F. The van der Waals surface area contributed by atoms with Crippen LogP contribution in [0.5, 0.6) is 0 Å². The normalized spacial score (nSPS) is 13.4. The van der Waals surface area contributed by atoms with E-state index in [4.69, 9.17) is 11.6 Å². The minimum Gasteiger partial charge on any atom is -0.298 e. The molecule has 0 saturated carbocycles. The van der Waals surface area contributed by atoms with Crippen molar-refractivity contribution in [2.45, 2.75) is 19.3 Å². The lowest BCUT2D eigenvalue weighted by atomic mass is 10.2. The van der Waals surface area contributed by atoms with Crippen molar-refractivity contribution in [3.63, 3.8) is 0 Å². The van der Waals surface area contributed by atoms with Crippen LogP contribution in [0.15, 0.2) is 18.2 Å². The minimum atomic E-state index is -0.630. The summed E-state index contributed by atoms with van der Waals surface area (Å²) in [5.74, 6) is -1.13. The highest BCUT2D eigenvalue weighted by Gasteiger charge is 2.19. The molecule has 1 aromatic heterocycles. The van der Waals surface area contributed by atoms with Gasteiger partial charge in [0.2, 0.25) is 0 Å². The number of amides is 1. The van der Waals surface area contributed by atoms with E-state index in [0.717, 1.165) is 31.0 Å². The number of rotatable bonds is 2. The smallest absolute Gasteiger partial charge is 0.260 e.